The molecule has 1 atom stereocenters. The SMILES string of the molecule is CCc1cc(CC(Cc2ccccc2Br)C(=O)O)n(C)n1. The lowest BCUT2D eigenvalue weighted by atomic mass is 9.94. The standard InChI is InChI=1S/C16H19BrN2O2/c1-3-13-10-14(19(2)18-13)9-12(16(20)21)8-11-6-4-5-7-15(11)17/h4-7,10,12H,3,8-9H2,1-2H3,(H,20,21). The fourth-order valence-electron chi connectivity index (χ4n) is 2.36. The lowest BCUT2D eigenvalue weighted by Gasteiger charge is -2.13. The molecule has 2 aromatic rings. The van der Waals surface area contributed by atoms with Crippen LogP contribution in [0.2, 0.25) is 0 Å². The van der Waals surface area contributed by atoms with Crippen molar-refractivity contribution >= 4 is 21.9 Å². The van der Waals surface area contributed by atoms with Gasteiger partial charge < -0.3 is 5.11 Å². The van der Waals surface area contributed by atoms with Crippen LogP contribution in [-0.2, 0) is 31.1 Å². The Bertz CT molecular complexity index is 637. The first-order chi connectivity index (χ1) is 10.0. The van der Waals surface area contributed by atoms with Crippen LogP contribution in [0.3, 0.4) is 0 Å². The van der Waals surface area contributed by atoms with Crippen molar-refractivity contribution in [3.8, 4) is 0 Å². The summed E-state index contributed by atoms with van der Waals surface area (Å²) >= 11 is 3.48. The molecule has 0 fully saturated rings. The smallest absolute Gasteiger partial charge is 0.307 e. The normalized spacial score (nSPS) is 12.3. The zero-order chi connectivity index (χ0) is 15.4. The Hall–Kier alpha value is -1.62. The molecule has 0 amide bonds. The molecule has 1 heterocycles. The van der Waals surface area contributed by atoms with Gasteiger partial charge in [0, 0.05) is 23.6 Å². The van der Waals surface area contributed by atoms with E-state index in [4.69, 9.17) is 0 Å². The van der Waals surface area contributed by atoms with E-state index in [0.29, 0.717) is 12.8 Å². The van der Waals surface area contributed by atoms with Crippen molar-refractivity contribution in [3.63, 3.8) is 0 Å². The average Bonchev–Trinajstić information content (AvgIpc) is 2.81. The van der Waals surface area contributed by atoms with Gasteiger partial charge in [-0.3, -0.25) is 9.48 Å². The van der Waals surface area contributed by atoms with Crippen molar-refractivity contribution < 1.29 is 9.90 Å². The summed E-state index contributed by atoms with van der Waals surface area (Å²) in [5, 5.41) is 13.9. The number of halogens is 1. The number of aryl methyl sites for hydroxylation is 2. The van der Waals surface area contributed by atoms with Crippen molar-refractivity contribution in [2.75, 3.05) is 0 Å². The first-order valence-electron chi connectivity index (χ1n) is 6.99. The molecule has 0 bridgehead atoms. The molecule has 0 aliphatic rings. The van der Waals surface area contributed by atoms with Gasteiger partial charge in [0.1, 0.15) is 0 Å². The summed E-state index contributed by atoms with van der Waals surface area (Å²) in [4.78, 5) is 11.6. The number of carboxylic acid groups (broad SMARTS) is 1. The predicted molar refractivity (Wildman–Crippen MR) is 85.3 cm³/mol. The first-order valence-corrected chi connectivity index (χ1v) is 7.78. The van der Waals surface area contributed by atoms with E-state index in [1.165, 1.54) is 0 Å². The maximum Gasteiger partial charge on any atom is 0.307 e. The van der Waals surface area contributed by atoms with Gasteiger partial charge in [-0.1, -0.05) is 41.1 Å². The van der Waals surface area contributed by atoms with E-state index < -0.39 is 11.9 Å². The molecule has 1 N–H and O–H groups in total. The topological polar surface area (TPSA) is 55.1 Å². The van der Waals surface area contributed by atoms with Crippen molar-refractivity contribution in [1.82, 2.24) is 9.78 Å². The zero-order valence-corrected chi connectivity index (χ0v) is 13.8. The molecule has 4 nitrogen and oxygen atoms in total. The average molecular weight is 351 g/mol. The second-order valence-electron chi connectivity index (χ2n) is 5.14. The van der Waals surface area contributed by atoms with Crippen LogP contribution in [0.5, 0.6) is 0 Å². The van der Waals surface area contributed by atoms with Gasteiger partial charge in [0.25, 0.3) is 0 Å². The summed E-state index contributed by atoms with van der Waals surface area (Å²) in [5.74, 6) is -1.23. The van der Waals surface area contributed by atoms with Gasteiger partial charge in [-0.25, -0.2) is 0 Å². The predicted octanol–water partition coefficient (Wildman–Crippen LogP) is 3.23. The Labute approximate surface area is 132 Å². The van der Waals surface area contributed by atoms with Crippen molar-refractivity contribution in [3.05, 3.63) is 51.8 Å². The van der Waals surface area contributed by atoms with E-state index in [1.54, 1.807) is 4.68 Å². The molecule has 1 unspecified atom stereocenters. The molecule has 0 saturated heterocycles. The Morgan fingerprint density at radius 3 is 2.67 bits per heavy atom. The zero-order valence-electron chi connectivity index (χ0n) is 12.2. The minimum Gasteiger partial charge on any atom is -0.481 e. The van der Waals surface area contributed by atoms with Crippen LogP contribution in [0.15, 0.2) is 34.8 Å². The third kappa shape index (κ3) is 3.94. The van der Waals surface area contributed by atoms with Crippen LogP contribution >= 0.6 is 15.9 Å². The van der Waals surface area contributed by atoms with Crippen LogP contribution in [-0.4, -0.2) is 20.9 Å². The third-order valence-corrected chi connectivity index (χ3v) is 4.39. The highest BCUT2D eigenvalue weighted by Gasteiger charge is 2.21. The summed E-state index contributed by atoms with van der Waals surface area (Å²) in [5.41, 5.74) is 2.98. The van der Waals surface area contributed by atoms with E-state index in [0.717, 1.165) is 27.8 Å². The minimum absolute atomic E-state index is 0.455. The van der Waals surface area contributed by atoms with Crippen LogP contribution in [0, 0.1) is 5.92 Å². The fourth-order valence-corrected chi connectivity index (χ4v) is 2.81. The summed E-state index contributed by atoms with van der Waals surface area (Å²) in [6, 6.07) is 9.75. The monoisotopic (exact) mass is 350 g/mol. The molecule has 5 heteroatoms. The first kappa shape index (κ1) is 15.8. The van der Waals surface area contributed by atoms with Crippen LogP contribution in [0.1, 0.15) is 23.9 Å². The largest absolute Gasteiger partial charge is 0.481 e. The molecular formula is C16H19BrN2O2. The molecule has 1 aromatic heterocycles. The highest BCUT2D eigenvalue weighted by Crippen LogP contribution is 2.22. The van der Waals surface area contributed by atoms with Crippen LogP contribution in [0.25, 0.3) is 0 Å². The second-order valence-corrected chi connectivity index (χ2v) is 5.99. The lowest BCUT2D eigenvalue weighted by molar-refractivity contribution is -0.141. The van der Waals surface area contributed by atoms with Gasteiger partial charge >= 0.3 is 5.97 Å². The molecular weight excluding hydrogens is 332 g/mol. The number of aliphatic carboxylic acids is 1. The van der Waals surface area contributed by atoms with E-state index in [2.05, 4.69) is 21.0 Å². The van der Waals surface area contributed by atoms with Crippen molar-refractivity contribution in [1.29, 1.82) is 0 Å². The number of benzene rings is 1. The second kappa shape index (κ2) is 6.89. The quantitative estimate of drug-likeness (QED) is 0.869. The van der Waals surface area contributed by atoms with E-state index in [1.807, 2.05) is 44.3 Å². The number of hydrogen-bond acceptors (Lipinski definition) is 2. The minimum atomic E-state index is -0.773. The molecule has 2 rings (SSSR count). The number of aromatic nitrogens is 2. The molecule has 0 aliphatic carbocycles. The van der Waals surface area contributed by atoms with Gasteiger partial charge in [-0.2, -0.15) is 5.10 Å². The number of carboxylic acids is 1. The van der Waals surface area contributed by atoms with Gasteiger partial charge in [-0.15, -0.1) is 0 Å². The maximum atomic E-state index is 11.6. The number of hydrogen-bond donors (Lipinski definition) is 1. The fraction of sp³-hybridized carbons (Fsp3) is 0.375. The highest BCUT2D eigenvalue weighted by atomic mass is 79.9. The van der Waals surface area contributed by atoms with Crippen molar-refractivity contribution in [2.24, 2.45) is 13.0 Å². The van der Waals surface area contributed by atoms with Crippen LogP contribution in [0.4, 0.5) is 0 Å². The summed E-state index contributed by atoms with van der Waals surface area (Å²) in [7, 11) is 1.87. The maximum absolute atomic E-state index is 11.6. The number of nitrogens with zero attached hydrogens (tertiary/aromatic N) is 2. The van der Waals surface area contributed by atoms with Gasteiger partial charge in [0.15, 0.2) is 0 Å². The lowest BCUT2D eigenvalue weighted by Crippen LogP contribution is -2.20. The van der Waals surface area contributed by atoms with Crippen LogP contribution < -0.4 is 0 Å². The Morgan fingerprint density at radius 1 is 1.38 bits per heavy atom. The summed E-state index contributed by atoms with van der Waals surface area (Å²) in [6.07, 6.45) is 1.85. The van der Waals surface area contributed by atoms with E-state index in [-0.39, 0.29) is 0 Å². The molecule has 0 aliphatic heterocycles. The van der Waals surface area contributed by atoms with Gasteiger partial charge in [-0.05, 0) is 30.5 Å². The van der Waals surface area contributed by atoms with E-state index in [9.17, 15) is 9.90 Å². The molecule has 0 radical (unpaired) electrons. The molecule has 112 valence electrons. The van der Waals surface area contributed by atoms with E-state index >= 15 is 0 Å². The molecule has 0 spiro atoms. The van der Waals surface area contributed by atoms with Crippen molar-refractivity contribution in [2.45, 2.75) is 26.2 Å². The molecule has 21 heavy (non-hydrogen) atoms. The van der Waals surface area contributed by atoms with Gasteiger partial charge in [0.2, 0.25) is 0 Å². The third-order valence-electron chi connectivity index (χ3n) is 3.62. The van der Waals surface area contributed by atoms with Gasteiger partial charge in [0.05, 0.1) is 11.6 Å². The summed E-state index contributed by atoms with van der Waals surface area (Å²) in [6.45, 7) is 2.04. The Morgan fingerprint density at radius 2 is 2.10 bits per heavy atom. The molecule has 0 saturated carbocycles. The summed E-state index contributed by atoms with van der Waals surface area (Å²) < 4.78 is 2.74. The number of carbonyl (C=O) groups is 1. The Kier molecular flexibility index (Phi) is 5.17. The molecule has 1 aromatic carbocycles. The highest BCUT2D eigenvalue weighted by molar-refractivity contribution is 9.10. The number of rotatable bonds is 6. The Balaban J connectivity index is 2.18.